The first kappa shape index (κ1) is 12.0. The molecule has 90 valence electrons. The fourth-order valence-corrected chi connectivity index (χ4v) is 3.84. The monoisotopic (exact) mass is 218 g/mol. The van der Waals surface area contributed by atoms with Crippen LogP contribution >= 0.6 is 0 Å². The van der Waals surface area contributed by atoms with Crippen LogP contribution in [0.4, 0.5) is 0 Å². The average molecular weight is 218 g/mol. The summed E-state index contributed by atoms with van der Waals surface area (Å²) in [5.41, 5.74) is 3.00. The zero-order valence-electron chi connectivity index (χ0n) is 11.1. The second kappa shape index (κ2) is 4.77. The normalized spacial score (nSPS) is 38.8. The number of hydrogen-bond acceptors (Lipinski definition) is 0. The Bertz CT molecular complexity index is 297. The van der Waals surface area contributed by atoms with Crippen molar-refractivity contribution in [1.82, 2.24) is 0 Å². The van der Waals surface area contributed by atoms with Crippen LogP contribution in [0.25, 0.3) is 0 Å². The van der Waals surface area contributed by atoms with Gasteiger partial charge in [-0.2, -0.15) is 0 Å². The molecule has 2 rings (SSSR count). The maximum Gasteiger partial charge on any atom is -0.0168 e. The lowest BCUT2D eigenvalue weighted by molar-refractivity contribution is 0.116. The summed E-state index contributed by atoms with van der Waals surface area (Å²) < 4.78 is 0. The van der Waals surface area contributed by atoms with Gasteiger partial charge in [0.2, 0.25) is 0 Å². The average Bonchev–Trinajstić information content (AvgIpc) is 2.22. The standard InChI is InChI=1S/C16H26/c1-11(2)9-14-7-6-13(4)15-8-5-12(3)10-16(14)15/h10,13-16H,1,5-9H2,2-4H3/t13?,14-,15?,16?/m0/s1. The van der Waals surface area contributed by atoms with Crippen LogP contribution in [0.5, 0.6) is 0 Å². The summed E-state index contributed by atoms with van der Waals surface area (Å²) in [6.45, 7) is 11.1. The van der Waals surface area contributed by atoms with Gasteiger partial charge in [0.15, 0.2) is 0 Å². The van der Waals surface area contributed by atoms with E-state index in [-0.39, 0.29) is 0 Å². The van der Waals surface area contributed by atoms with Crippen LogP contribution in [-0.2, 0) is 0 Å². The van der Waals surface area contributed by atoms with Gasteiger partial charge in [0.05, 0.1) is 0 Å². The van der Waals surface area contributed by atoms with E-state index in [1.165, 1.54) is 37.7 Å². The van der Waals surface area contributed by atoms with E-state index in [0.717, 1.165) is 23.7 Å². The Labute approximate surface area is 101 Å². The molecule has 0 heteroatoms. The maximum atomic E-state index is 4.10. The van der Waals surface area contributed by atoms with Gasteiger partial charge in [-0.05, 0) is 63.2 Å². The summed E-state index contributed by atoms with van der Waals surface area (Å²) >= 11 is 0. The third kappa shape index (κ3) is 2.42. The molecule has 0 spiro atoms. The first-order valence-electron chi connectivity index (χ1n) is 6.89. The van der Waals surface area contributed by atoms with E-state index < -0.39 is 0 Å². The Kier molecular flexibility index (Phi) is 3.56. The van der Waals surface area contributed by atoms with Gasteiger partial charge in [0.25, 0.3) is 0 Å². The lowest BCUT2D eigenvalue weighted by Gasteiger charge is -2.43. The minimum atomic E-state index is 0.856. The van der Waals surface area contributed by atoms with E-state index in [1.54, 1.807) is 5.57 Å². The molecule has 4 atom stereocenters. The van der Waals surface area contributed by atoms with Crippen LogP contribution < -0.4 is 0 Å². The zero-order valence-corrected chi connectivity index (χ0v) is 11.1. The molecule has 2 aliphatic rings. The lowest BCUT2D eigenvalue weighted by Crippen LogP contribution is -2.34. The molecule has 16 heavy (non-hydrogen) atoms. The molecule has 1 fully saturated rings. The summed E-state index contributed by atoms with van der Waals surface area (Å²) in [5, 5.41) is 0. The quantitative estimate of drug-likeness (QED) is 0.574. The summed E-state index contributed by atoms with van der Waals surface area (Å²) in [5.74, 6) is 3.64. The van der Waals surface area contributed by atoms with Gasteiger partial charge in [-0.25, -0.2) is 0 Å². The summed E-state index contributed by atoms with van der Waals surface area (Å²) in [7, 11) is 0. The summed E-state index contributed by atoms with van der Waals surface area (Å²) in [6.07, 6.45) is 9.46. The summed E-state index contributed by atoms with van der Waals surface area (Å²) in [6, 6.07) is 0. The SMILES string of the molecule is C=C(C)C[C@@H]1CCC(C)C2CCC(C)=CC21. The van der Waals surface area contributed by atoms with Crippen molar-refractivity contribution in [3.8, 4) is 0 Å². The highest BCUT2D eigenvalue weighted by molar-refractivity contribution is 5.12. The highest BCUT2D eigenvalue weighted by Gasteiger charge is 2.37. The molecule has 0 bridgehead atoms. The highest BCUT2D eigenvalue weighted by atomic mass is 14.4. The summed E-state index contributed by atoms with van der Waals surface area (Å²) in [4.78, 5) is 0. The molecule has 0 aromatic heterocycles. The largest absolute Gasteiger partial charge is 0.100 e. The molecule has 0 radical (unpaired) electrons. The third-order valence-electron chi connectivity index (χ3n) is 4.72. The van der Waals surface area contributed by atoms with Crippen LogP contribution in [0.2, 0.25) is 0 Å². The first-order chi connectivity index (χ1) is 7.58. The topological polar surface area (TPSA) is 0 Å². The number of fused-ring (bicyclic) bond motifs is 1. The van der Waals surface area contributed by atoms with E-state index in [9.17, 15) is 0 Å². The van der Waals surface area contributed by atoms with Crippen LogP contribution in [0.3, 0.4) is 0 Å². The molecule has 0 aromatic carbocycles. The van der Waals surface area contributed by atoms with Crippen LogP contribution in [0.15, 0.2) is 23.8 Å². The Balaban J connectivity index is 2.15. The molecular weight excluding hydrogens is 192 g/mol. The Hall–Kier alpha value is -0.520. The van der Waals surface area contributed by atoms with Gasteiger partial charge < -0.3 is 0 Å². The lowest BCUT2D eigenvalue weighted by atomic mass is 9.62. The number of allylic oxidation sites excluding steroid dienone is 3. The molecule has 0 nitrogen and oxygen atoms in total. The van der Waals surface area contributed by atoms with Crippen LogP contribution in [-0.4, -0.2) is 0 Å². The van der Waals surface area contributed by atoms with Gasteiger partial charge in [-0.3, -0.25) is 0 Å². The van der Waals surface area contributed by atoms with Gasteiger partial charge in [-0.1, -0.05) is 30.6 Å². The zero-order chi connectivity index (χ0) is 11.7. The second-order valence-corrected chi connectivity index (χ2v) is 6.27. The van der Waals surface area contributed by atoms with Crippen molar-refractivity contribution in [2.75, 3.05) is 0 Å². The Morgan fingerprint density at radius 3 is 2.81 bits per heavy atom. The fourth-order valence-electron chi connectivity index (χ4n) is 3.84. The molecule has 0 amide bonds. The minimum Gasteiger partial charge on any atom is -0.100 e. The van der Waals surface area contributed by atoms with Crippen LogP contribution in [0, 0.1) is 23.7 Å². The van der Waals surface area contributed by atoms with Crippen molar-refractivity contribution >= 4 is 0 Å². The fraction of sp³-hybridized carbons (Fsp3) is 0.750. The van der Waals surface area contributed by atoms with Crippen molar-refractivity contribution in [3.63, 3.8) is 0 Å². The number of hydrogen-bond donors (Lipinski definition) is 0. The Morgan fingerprint density at radius 1 is 1.38 bits per heavy atom. The van der Waals surface area contributed by atoms with Crippen molar-refractivity contribution in [2.45, 2.75) is 52.9 Å². The van der Waals surface area contributed by atoms with Gasteiger partial charge in [0.1, 0.15) is 0 Å². The molecular formula is C16H26. The smallest absolute Gasteiger partial charge is 0.0168 e. The molecule has 0 N–H and O–H groups in total. The predicted molar refractivity (Wildman–Crippen MR) is 71.3 cm³/mol. The van der Waals surface area contributed by atoms with Crippen molar-refractivity contribution in [1.29, 1.82) is 0 Å². The molecule has 0 heterocycles. The highest BCUT2D eigenvalue weighted by Crippen LogP contribution is 2.47. The Morgan fingerprint density at radius 2 is 2.12 bits per heavy atom. The number of rotatable bonds is 2. The van der Waals surface area contributed by atoms with E-state index in [4.69, 9.17) is 0 Å². The predicted octanol–water partition coefficient (Wildman–Crippen LogP) is 4.97. The van der Waals surface area contributed by atoms with Gasteiger partial charge in [0, 0.05) is 0 Å². The molecule has 1 saturated carbocycles. The van der Waals surface area contributed by atoms with Crippen molar-refractivity contribution in [3.05, 3.63) is 23.8 Å². The van der Waals surface area contributed by atoms with E-state index >= 15 is 0 Å². The van der Waals surface area contributed by atoms with Gasteiger partial charge in [-0.15, -0.1) is 6.58 Å². The molecule has 2 aliphatic carbocycles. The van der Waals surface area contributed by atoms with Gasteiger partial charge >= 0.3 is 0 Å². The maximum absolute atomic E-state index is 4.10. The molecule has 0 aromatic rings. The van der Waals surface area contributed by atoms with E-state index in [2.05, 4.69) is 33.4 Å². The first-order valence-corrected chi connectivity index (χ1v) is 6.89. The minimum absolute atomic E-state index is 0.856. The van der Waals surface area contributed by atoms with Crippen LogP contribution in [0.1, 0.15) is 52.9 Å². The second-order valence-electron chi connectivity index (χ2n) is 6.27. The van der Waals surface area contributed by atoms with E-state index in [1.807, 2.05) is 0 Å². The van der Waals surface area contributed by atoms with Crippen molar-refractivity contribution < 1.29 is 0 Å². The molecule has 0 saturated heterocycles. The van der Waals surface area contributed by atoms with E-state index in [0.29, 0.717) is 0 Å². The molecule has 0 aliphatic heterocycles. The third-order valence-corrected chi connectivity index (χ3v) is 4.72. The molecule has 3 unspecified atom stereocenters. The van der Waals surface area contributed by atoms with Crippen molar-refractivity contribution in [2.24, 2.45) is 23.7 Å².